The van der Waals surface area contributed by atoms with Crippen molar-refractivity contribution in [2.24, 2.45) is 4.99 Å². The molecule has 1 aliphatic heterocycles. The van der Waals surface area contributed by atoms with Crippen molar-refractivity contribution in [1.29, 1.82) is 0 Å². The second kappa shape index (κ2) is 8.47. The molecule has 7 nitrogen and oxygen atoms in total. The predicted molar refractivity (Wildman–Crippen MR) is 118 cm³/mol. The highest BCUT2D eigenvalue weighted by Crippen LogP contribution is 2.25. The van der Waals surface area contributed by atoms with Gasteiger partial charge in [0.05, 0.1) is 10.2 Å². The molecule has 8 heteroatoms. The van der Waals surface area contributed by atoms with Gasteiger partial charge < -0.3 is 14.6 Å². The Balaban J connectivity index is 1.85. The fourth-order valence-electron chi connectivity index (χ4n) is 3.57. The molecule has 2 amide bonds. The fraction of sp³-hybridized carbons (Fsp3) is 0.304. The maximum absolute atomic E-state index is 12.8. The minimum atomic E-state index is -0.993. The molecule has 2 heterocycles. The Morgan fingerprint density at radius 1 is 1.10 bits per heavy atom. The molecule has 0 radical (unpaired) electrons. The maximum atomic E-state index is 12.8. The van der Waals surface area contributed by atoms with Crippen LogP contribution in [0.15, 0.2) is 47.5 Å². The van der Waals surface area contributed by atoms with Crippen molar-refractivity contribution in [2.75, 3.05) is 13.1 Å². The molecule has 0 bridgehead atoms. The zero-order valence-electron chi connectivity index (χ0n) is 17.4. The molecule has 2 aromatic carbocycles. The van der Waals surface area contributed by atoms with E-state index < -0.39 is 17.9 Å². The van der Waals surface area contributed by atoms with Crippen LogP contribution in [0.2, 0.25) is 0 Å². The second-order valence-corrected chi connectivity index (χ2v) is 8.64. The van der Waals surface area contributed by atoms with Crippen molar-refractivity contribution < 1.29 is 19.5 Å². The first kappa shape index (κ1) is 21.0. The molecule has 0 saturated carbocycles. The molecule has 3 aromatic rings. The number of aryl methyl sites for hydroxylation is 1. The van der Waals surface area contributed by atoms with Crippen LogP contribution in [-0.4, -0.2) is 45.4 Å². The van der Waals surface area contributed by atoms with E-state index in [9.17, 15) is 19.5 Å². The van der Waals surface area contributed by atoms with E-state index in [4.69, 9.17) is 0 Å². The lowest BCUT2D eigenvalue weighted by Gasteiger charge is -2.30. The minimum absolute atomic E-state index is 0.0346. The Bertz CT molecular complexity index is 1240. The Labute approximate surface area is 183 Å². The van der Waals surface area contributed by atoms with Crippen molar-refractivity contribution in [3.05, 3.63) is 64.0 Å². The summed E-state index contributed by atoms with van der Waals surface area (Å²) >= 11 is 1.22. The summed E-state index contributed by atoms with van der Waals surface area (Å²) < 4.78 is 2.31. The van der Waals surface area contributed by atoms with Crippen molar-refractivity contribution in [3.8, 4) is 0 Å². The third kappa shape index (κ3) is 4.03. The third-order valence-corrected chi connectivity index (χ3v) is 6.51. The van der Waals surface area contributed by atoms with Crippen LogP contribution >= 0.6 is 11.3 Å². The van der Waals surface area contributed by atoms with Gasteiger partial charge in [-0.3, -0.25) is 9.59 Å². The van der Waals surface area contributed by atoms with E-state index in [1.807, 2.05) is 19.1 Å². The van der Waals surface area contributed by atoms with E-state index in [-0.39, 0.29) is 5.91 Å². The highest BCUT2D eigenvalue weighted by molar-refractivity contribution is 7.16. The third-order valence-electron chi connectivity index (χ3n) is 5.50. The summed E-state index contributed by atoms with van der Waals surface area (Å²) in [6.45, 7) is 5.22. The molecule has 1 saturated heterocycles. The normalized spacial score (nSPS) is 15.0. The first-order valence-electron chi connectivity index (χ1n) is 10.2. The number of carboxylic acids is 1. The SMILES string of the molecule is CCC(C(=O)O)n1/c(=N/C(=O)c2ccc(C)cc2)sc2cc(C(=O)N3CCC3)ccc21. The summed E-state index contributed by atoms with van der Waals surface area (Å²) in [5.74, 6) is -1.46. The molecule has 31 heavy (non-hydrogen) atoms. The van der Waals surface area contributed by atoms with Gasteiger partial charge in [-0.2, -0.15) is 4.99 Å². The molecule has 1 N–H and O–H groups in total. The molecule has 0 spiro atoms. The zero-order chi connectivity index (χ0) is 22.1. The topological polar surface area (TPSA) is 92.0 Å². The van der Waals surface area contributed by atoms with Crippen LogP contribution in [0.3, 0.4) is 0 Å². The van der Waals surface area contributed by atoms with Crippen molar-refractivity contribution in [3.63, 3.8) is 0 Å². The lowest BCUT2D eigenvalue weighted by molar-refractivity contribution is -0.140. The molecule has 1 unspecified atom stereocenters. The highest BCUT2D eigenvalue weighted by Gasteiger charge is 2.25. The molecule has 0 aliphatic carbocycles. The van der Waals surface area contributed by atoms with Crippen LogP contribution in [0.25, 0.3) is 10.2 Å². The average molecular weight is 438 g/mol. The number of thiazole rings is 1. The van der Waals surface area contributed by atoms with Crippen LogP contribution in [0.5, 0.6) is 0 Å². The molecular formula is C23H23N3O4S. The quantitative estimate of drug-likeness (QED) is 0.660. The number of rotatable bonds is 5. The number of aromatic nitrogens is 1. The first-order chi connectivity index (χ1) is 14.9. The number of carbonyl (C=O) groups excluding carboxylic acids is 2. The summed E-state index contributed by atoms with van der Waals surface area (Å²) in [6.07, 6.45) is 1.34. The van der Waals surface area contributed by atoms with Gasteiger partial charge in [0.15, 0.2) is 4.80 Å². The van der Waals surface area contributed by atoms with Gasteiger partial charge in [-0.25, -0.2) is 4.79 Å². The Morgan fingerprint density at radius 2 is 1.77 bits per heavy atom. The van der Waals surface area contributed by atoms with E-state index in [0.29, 0.717) is 27.9 Å². The van der Waals surface area contributed by atoms with Crippen LogP contribution in [0, 0.1) is 6.92 Å². The number of carbonyl (C=O) groups is 3. The van der Waals surface area contributed by atoms with Crippen LogP contribution in [0.1, 0.15) is 52.1 Å². The van der Waals surface area contributed by atoms with Gasteiger partial charge in [0.25, 0.3) is 11.8 Å². The van der Waals surface area contributed by atoms with Gasteiger partial charge in [-0.05, 0) is 50.1 Å². The van der Waals surface area contributed by atoms with Gasteiger partial charge in [0.1, 0.15) is 6.04 Å². The number of amides is 2. The number of hydrogen-bond donors (Lipinski definition) is 1. The van der Waals surface area contributed by atoms with Crippen molar-refractivity contribution in [2.45, 2.75) is 32.7 Å². The summed E-state index contributed by atoms with van der Waals surface area (Å²) in [5, 5.41) is 9.76. The smallest absolute Gasteiger partial charge is 0.326 e. The lowest BCUT2D eigenvalue weighted by atomic mass is 10.1. The Kier molecular flexibility index (Phi) is 5.73. The van der Waals surface area contributed by atoms with E-state index >= 15 is 0 Å². The Hall–Kier alpha value is -3.26. The standard InChI is InChI=1S/C23H23N3O4S/c1-3-17(22(29)30)26-18-10-9-16(21(28)25-11-4-12-25)13-19(18)31-23(26)24-20(27)15-7-5-14(2)6-8-15/h5-10,13,17H,3-4,11-12H2,1-2H3,(H,29,30)/b24-23-. The highest BCUT2D eigenvalue weighted by atomic mass is 32.1. The van der Waals surface area contributed by atoms with E-state index in [1.54, 1.807) is 46.7 Å². The first-order valence-corrected chi connectivity index (χ1v) is 11.0. The number of fused-ring (bicyclic) bond motifs is 1. The van der Waals surface area contributed by atoms with Gasteiger partial charge in [0.2, 0.25) is 0 Å². The van der Waals surface area contributed by atoms with E-state index in [0.717, 1.165) is 29.8 Å². The van der Waals surface area contributed by atoms with Crippen LogP contribution in [0.4, 0.5) is 0 Å². The summed E-state index contributed by atoms with van der Waals surface area (Å²) in [4.78, 5) is 43.6. The zero-order valence-corrected chi connectivity index (χ0v) is 18.2. The molecule has 1 aromatic heterocycles. The lowest BCUT2D eigenvalue weighted by Crippen LogP contribution is -2.41. The summed E-state index contributed by atoms with van der Waals surface area (Å²) in [6, 6.07) is 11.4. The van der Waals surface area contributed by atoms with Gasteiger partial charge in [-0.1, -0.05) is 36.0 Å². The van der Waals surface area contributed by atoms with Gasteiger partial charge in [-0.15, -0.1) is 0 Å². The van der Waals surface area contributed by atoms with Gasteiger partial charge >= 0.3 is 5.97 Å². The number of likely N-dealkylation sites (tertiary alicyclic amines) is 1. The molecular weight excluding hydrogens is 414 g/mol. The second-order valence-electron chi connectivity index (χ2n) is 7.63. The van der Waals surface area contributed by atoms with Gasteiger partial charge in [0, 0.05) is 24.2 Å². The van der Waals surface area contributed by atoms with Crippen molar-refractivity contribution >= 4 is 39.3 Å². The molecule has 1 atom stereocenters. The van der Waals surface area contributed by atoms with Crippen LogP contribution in [-0.2, 0) is 4.79 Å². The fourth-order valence-corrected chi connectivity index (χ4v) is 4.68. The maximum Gasteiger partial charge on any atom is 0.326 e. The largest absolute Gasteiger partial charge is 0.480 e. The van der Waals surface area contributed by atoms with E-state index in [2.05, 4.69) is 4.99 Å². The number of nitrogens with zero attached hydrogens (tertiary/aromatic N) is 3. The van der Waals surface area contributed by atoms with Crippen molar-refractivity contribution in [1.82, 2.24) is 9.47 Å². The number of hydrogen-bond acceptors (Lipinski definition) is 4. The average Bonchev–Trinajstić information content (AvgIpc) is 3.04. The summed E-state index contributed by atoms with van der Waals surface area (Å²) in [7, 11) is 0. The minimum Gasteiger partial charge on any atom is -0.480 e. The molecule has 1 fully saturated rings. The summed E-state index contributed by atoms with van der Waals surface area (Å²) in [5.41, 5.74) is 2.67. The number of benzene rings is 2. The molecule has 1 aliphatic rings. The monoisotopic (exact) mass is 437 g/mol. The molecule has 4 rings (SSSR count). The van der Waals surface area contributed by atoms with E-state index in [1.165, 1.54) is 11.3 Å². The van der Waals surface area contributed by atoms with Crippen LogP contribution < -0.4 is 4.80 Å². The molecule has 160 valence electrons. The number of carboxylic acid groups (broad SMARTS) is 1. The number of aliphatic carboxylic acids is 1. The Morgan fingerprint density at radius 3 is 2.35 bits per heavy atom. The predicted octanol–water partition coefficient (Wildman–Crippen LogP) is 3.63.